The molecule has 5 rings (SSSR count). The Labute approximate surface area is 223 Å². The van der Waals surface area contributed by atoms with Crippen molar-refractivity contribution in [2.45, 2.75) is 51.7 Å². The number of ketones is 1. The summed E-state index contributed by atoms with van der Waals surface area (Å²) in [5.41, 5.74) is 0.156. The summed E-state index contributed by atoms with van der Waals surface area (Å²) >= 11 is 0. The number of hydrogen-bond donors (Lipinski definition) is 2. The van der Waals surface area contributed by atoms with Crippen LogP contribution in [0.5, 0.6) is 11.5 Å². The normalized spacial score (nSPS) is 16.4. The third-order valence-corrected chi connectivity index (χ3v) is 6.65. The number of ether oxygens (including phenoxy) is 2. The van der Waals surface area contributed by atoms with Gasteiger partial charge in [0.15, 0.2) is 17.3 Å². The smallest absolute Gasteiger partial charge is 0.478 e. The van der Waals surface area contributed by atoms with Crippen LogP contribution in [0.15, 0.2) is 54.6 Å². The number of nitrogens with one attached hydrogen (secondary N) is 1. The average Bonchev–Trinajstić information content (AvgIpc) is 3.60. The van der Waals surface area contributed by atoms with Crippen molar-refractivity contribution < 1.29 is 37.7 Å². The van der Waals surface area contributed by atoms with Gasteiger partial charge < -0.3 is 19.9 Å². The van der Waals surface area contributed by atoms with Crippen LogP contribution in [0.1, 0.15) is 66.3 Å². The summed E-state index contributed by atoms with van der Waals surface area (Å²) in [5, 5.41) is 12.5. The molecule has 0 atom stereocenters. The standard InChI is InChI=1S/C29H26F2N2O6/c1-27(2,3)15-20(34)16-5-4-6-17(13-16)24-19(25(35)36)8-10-23(32-24)33-26(37)28(11-12-28)18-7-9-21-22(14-18)39-29(30,31)38-21/h4-10,13-14H,11-12,15H2,1-3H3,(H,35,36)(H,32,33,37). The van der Waals surface area contributed by atoms with Gasteiger partial charge in [0.1, 0.15) is 5.82 Å². The average molecular weight is 537 g/mol. The molecule has 2 aromatic carbocycles. The summed E-state index contributed by atoms with van der Waals surface area (Å²) in [4.78, 5) is 42.5. The molecule has 10 heteroatoms. The molecule has 1 aliphatic carbocycles. The van der Waals surface area contributed by atoms with Crippen LogP contribution in [-0.4, -0.2) is 34.0 Å². The number of aromatic carboxylic acids is 1. The van der Waals surface area contributed by atoms with E-state index in [9.17, 15) is 28.3 Å². The number of benzene rings is 2. The van der Waals surface area contributed by atoms with Crippen LogP contribution in [-0.2, 0) is 10.2 Å². The van der Waals surface area contributed by atoms with Crippen LogP contribution in [0.2, 0.25) is 0 Å². The van der Waals surface area contributed by atoms with Crippen molar-refractivity contribution in [3.8, 4) is 22.8 Å². The number of anilines is 1. The minimum Gasteiger partial charge on any atom is -0.478 e. The molecule has 0 bridgehead atoms. The van der Waals surface area contributed by atoms with Gasteiger partial charge in [-0.1, -0.05) is 45.0 Å². The first-order chi connectivity index (χ1) is 18.3. The van der Waals surface area contributed by atoms with Crippen LogP contribution < -0.4 is 14.8 Å². The number of fused-ring (bicyclic) bond motifs is 1. The molecule has 1 aliphatic heterocycles. The number of pyridine rings is 1. The molecule has 0 unspecified atom stereocenters. The molecule has 1 fully saturated rings. The number of aromatic nitrogens is 1. The Hall–Kier alpha value is -4.34. The van der Waals surface area contributed by atoms with Gasteiger partial charge >= 0.3 is 12.3 Å². The third kappa shape index (κ3) is 5.32. The maximum absolute atomic E-state index is 13.4. The minimum absolute atomic E-state index is 0.0807. The van der Waals surface area contributed by atoms with Gasteiger partial charge in [-0.25, -0.2) is 9.78 Å². The molecule has 2 heterocycles. The molecule has 0 radical (unpaired) electrons. The van der Waals surface area contributed by atoms with Gasteiger partial charge in [0.25, 0.3) is 0 Å². The zero-order valence-corrected chi connectivity index (χ0v) is 21.5. The molecule has 1 saturated carbocycles. The fourth-order valence-electron chi connectivity index (χ4n) is 4.60. The number of Topliss-reactive ketones (excluding diaryl/α,β-unsaturated/α-hetero) is 1. The second-order valence-electron chi connectivity index (χ2n) is 11.0. The lowest BCUT2D eigenvalue weighted by Crippen LogP contribution is -2.28. The van der Waals surface area contributed by atoms with E-state index in [0.29, 0.717) is 36.0 Å². The van der Waals surface area contributed by atoms with E-state index >= 15 is 0 Å². The summed E-state index contributed by atoms with van der Waals surface area (Å²) in [6, 6.07) is 13.6. The summed E-state index contributed by atoms with van der Waals surface area (Å²) in [6.45, 7) is 5.86. The number of carboxylic acid groups (broad SMARTS) is 1. The van der Waals surface area contributed by atoms with Crippen molar-refractivity contribution in [2.75, 3.05) is 5.32 Å². The fraction of sp³-hybridized carbons (Fsp3) is 0.310. The van der Waals surface area contributed by atoms with Crippen molar-refractivity contribution in [1.82, 2.24) is 4.98 Å². The molecule has 39 heavy (non-hydrogen) atoms. The molecule has 202 valence electrons. The van der Waals surface area contributed by atoms with Crippen LogP contribution in [0, 0.1) is 5.41 Å². The minimum atomic E-state index is -3.76. The lowest BCUT2D eigenvalue weighted by molar-refractivity contribution is -0.286. The molecule has 8 nitrogen and oxygen atoms in total. The van der Waals surface area contributed by atoms with Gasteiger partial charge in [0.05, 0.1) is 16.7 Å². The lowest BCUT2D eigenvalue weighted by Gasteiger charge is -2.18. The Morgan fingerprint density at radius 1 is 1.00 bits per heavy atom. The number of halogens is 2. The summed E-state index contributed by atoms with van der Waals surface area (Å²) in [7, 11) is 0. The van der Waals surface area contributed by atoms with Gasteiger partial charge in [-0.05, 0) is 54.2 Å². The van der Waals surface area contributed by atoms with Crippen LogP contribution in [0.3, 0.4) is 0 Å². The maximum Gasteiger partial charge on any atom is 0.586 e. The zero-order chi connectivity index (χ0) is 28.2. The lowest BCUT2D eigenvalue weighted by atomic mass is 9.87. The fourth-order valence-corrected chi connectivity index (χ4v) is 4.60. The molecule has 1 aromatic heterocycles. The van der Waals surface area contributed by atoms with E-state index in [2.05, 4.69) is 19.8 Å². The Balaban J connectivity index is 1.42. The van der Waals surface area contributed by atoms with Crippen LogP contribution in [0.4, 0.5) is 14.6 Å². The number of nitrogens with zero attached hydrogens (tertiary/aromatic N) is 1. The quantitative estimate of drug-likeness (QED) is 0.353. The molecule has 3 aromatic rings. The summed E-state index contributed by atoms with van der Waals surface area (Å²) < 4.78 is 35.9. The molecule has 0 saturated heterocycles. The predicted molar refractivity (Wildman–Crippen MR) is 137 cm³/mol. The Morgan fingerprint density at radius 3 is 2.38 bits per heavy atom. The van der Waals surface area contributed by atoms with Crippen molar-refractivity contribution in [3.63, 3.8) is 0 Å². The van der Waals surface area contributed by atoms with E-state index in [-0.39, 0.29) is 39.8 Å². The Kier molecular flexibility index (Phi) is 6.16. The van der Waals surface area contributed by atoms with E-state index in [4.69, 9.17) is 0 Å². The van der Waals surface area contributed by atoms with Gasteiger partial charge in [-0.2, -0.15) is 0 Å². The molecule has 0 spiro atoms. The van der Waals surface area contributed by atoms with Gasteiger partial charge in [-0.3, -0.25) is 9.59 Å². The molecule has 2 aliphatic rings. The monoisotopic (exact) mass is 536 g/mol. The molecule has 1 amide bonds. The topological polar surface area (TPSA) is 115 Å². The number of carbonyl (C=O) groups excluding carboxylic acids is 2. The van der Waals surface area contributed by atoms with E-state index in [1.54, 1.807) is 30.3 Å². The SMILES string of the molecule is CC(C)(C)CC(=O)c1cccc(-c2nc(NC(=O)C3(c4ccc5c(c4)OC(F)(F)O5)CC3)ccc2C(=O)O)c1. The second kappa shape index (κ2) is 9.14. The van der Waals surface area contributed by atoms with Gasteiger partial charge in [0, 0.05) is 17.5 Å². The van der Waals surface area contributed by atoms with Crippen molar-refractivity contribution in [2.24, 2.45) is 5.41 Å². The van der Waals surface area contributed by atoms with Gasteiger partial charge in [0.2, 0.25) is 5.91 Å². The van der Waals surface area contributed by atoms with Crippen molar-refractivity contribution >= 4 is 23.5 Å². The highest BCUT2D eigenvalue weighted by Gasteiger charge is 2.53. The highest BCUT2D eigenvalue weighted by Crippen LogP contribution is 2.52. The number of carbonyl (C=O) groups is 3. The second-order valence-corrected chi connectivity index (χ2v) is 11.0. The number of alkyl halides is 2. The first-order valence-electron chi connectivity index (χ1n) is 12.4. The zero-order valence-electron chi connectivity index (χ0n) is 21.5. The first kappa shape index (κ1) is 26.3. The van der Waals surface area contributed by atoms with Crippen molar-refractivity contribution in [3.05, 3.63) is 71.3 Å². The van der Waals surface area contributed by atoms with E-state index < -0.39 is 23.6 Å². The summed E-state index contributed by atoms with van der Waals surface area (Å²) in [6.07, 6.45) is -2.49. The highest BCUT2D eigenvalue weighted by atomic mass is 19.3. The maximum atomic E-state index is 13.4. The molecule has 2 N–H and O–H groups in total. The molecular weight excluding hydrogens is 510 g/mol. The highest BCUT2D eigenvalue weighted by molar-refractivity contribution is 6.02. The number of amides is 1. The Morgan fingerprint density at radius 2 is 1.72 bits per heavy atom. The van der Waals surface area contributed by atoms with Crippen LogP contribution >= 0.6 is 0 Å². The Bertz CT molecular complexity index is 1510. The summed E-state index contributed by atoms with van der Waals surface area (Å²) in [5.74, 6) is -1.85. The van der Waals surface area contributed by atoms with E-state index in [1.165, 1.54) is 24.3 Å². The predicted octanol–water partition coefficient (Wildman–Crippen LogP) is 6.06. The van der Waals surface area contributed by atoms with E-state index in [0.717, 1.165) is 0 Å². The van der Waals surface area contributed by atoms with Crippen LogP contribution in [0.25, 0.3) is 11.3 Å². The number of rotatable bonds is 7. The van der Waals surface area contributed by atoms with Gasteiger partial charge in [-0.15, -0.1) is 8.78 Å². The van der Waals surface area contributed by atoms with E-state index in [1.807, 2.05) is 20.8 Å². The number of carboxylic acids is 1. The first-order valence-corrected chi connectivity index (χ1v) is 12.4. The molecular formula is C29H26F2N2O6. The third-order valence-electron chi connectivity index (χ3n) is 6.65. The van der Waals surface area contributed by atoms with Crippen molar-refractivity contribution in [1.29, 1.82) is 0 Å². The largest absolute Gasteiger partial charge is 0.586 e. The number of hydrogen-bond acceptors (Lipinski definition) is 6.